The molecule has 6 nitrogen and oxygen atoms in total. The van der Waals surface area contributed by atoms with Gasteiger partial charge in [-0.25, -0.2) is 0 Å². The summed E-state index contributed by atoms with van der Waals surface area (Å²) in [5.74, 6) is 0. The zero-order valence-electron chi connectivity index (χ0n) is 7.15. The van der Waals surface area contributed by atoms with Crippen LogP contribution in [0.4, 0.5) is 0 Å². The lowest BCUT2D eigenvalue weighted by Crippen LogP contribution is -2.72. The molecule has 0 saturated heterocycles. The highest BCUT2D eigenvalue weighted by molar-refractivity contribution is 7.20. The molecule has 1 aliphatic rings. The van der Waals surface area contributed by atoms with Gasteiger partial charge in [-0.2, -0.15) is 0 Å². The molecule has 1 fully saturated rings. The van der Waals surface area contributed by atoms with Crippen LogP contribution in [-0.4, -0.2) is 65.7 Å². The van der Waals surface area contributed by atoms with Gasteiger partial charge in [0.2, 0.25) is 0 Å². The van der Waals surface area contributed by atoms with Gasteiger partial charge in [0.05, 0.1) is 0 Å². The van der Waals surface area contributed by atoms with Crippen LogP contribution in [0.1, 0.15) is 0 Å². The van der Waals surface area contributed by atoms with E-state index < -0.39 is 35.1 Å². The smallest absolute Gasteiger partial charge is 0.135 e. The molecule has 0 aromatic rings. The van der Waals surface area contributed by atoms with Gasteiger partial charge < -0.3 is 30.6 Å². The first-order valence-corrected chi connectivity index (χ1v) is 5.03. The van der Waals surface area contributed by atoms with E-state index in [-0.39, 0.29) is 0 Å². The van der Waals surface area contributed by atoms with Crippen molar-refractivity contribution >= 4 is 18.5 Å². The van der Waals surface area contributed by atoms with E-state index in [4.69, 9.17) is 0 Å². The molecule has 1 saturated carbocycles. The van der Waals surface area contributed by atoms with Crippen molar-refractivity contribution in [3.05, 3.63) is 0 Å². The summed E-state index contributed by atoms with van der Waals surface area (Å²) in [7, 11) is 3.47. The summed E-state index contributed by atoms with van der Waals surface area (Å²) in [6.45, 7) is 0. The Morgan fingerprint density at radius 1 is 0.786 bits per heavy atom. The SMILES string of the molecule is OC1[C@@H](O)[C@@](O)(P)C(O)[C@@](O)(P)[C@H]1O. The van der Waals surface area contributed by atoms with Gasteiger partial charge in [-0.15, -0.1) is 0 Å². The minimum absolute atomic E-state index is 1.74. The molecule has 14 heavy (non-hydrogen) atoms. The van der Waals surface area contributed by atoms with Crippen LogP contribution in [-0.2, 0) is 0 Å². The zero-order chi connectivity index (χ0) is 11.3. The van der Waals surface area contributed by atoms with Gasteiger partial charge in [0.1, 0.15) is 35.1 Å². The minimum atomic E-state index is -2.17. The van der Waals surface area contributed by atoms with Crippen LogP contribution in [0.5, 0.6) is 0 Å². The van der Waals surface area contributed by atoms with Gasteiger partial charge in [-0.3, -0.25) is 0 Å². The average molecular weight is 244 g/mol. The van der Waals surface area contributed by atoms with Gasteiger partial charge in [-0.05, 0) is 0 Å². The van der Waals surface area contributed by atoms with E-state index in [1.807, 2.05) is 0 Å². The van der Waals surface area contributed by atoms with Crippen molar-refractivity contribution in [3.8, 4) is 0 Å². The lowest BCUT2D eigenvalue weighted by Gasteiger charge is -2.50. The highest BCUT2D eigenvalue weighted by Gasteiger charge is 2.61. The number of hydrogen-bond acceptors (Lipinski definition) is 6. The number of aliphatic hydroxyl groups is 6. The van der Waals surface area contributed by atoms with E-state index in [9.17, 15) is 30.6 Å². The van der Waals surface area contributed by atoms with Crippen LogP contribution < -0.4 is 0 Å². The molecule has 0 bridgehead atoms. The standard InChI is InChI=1S/C6H14O6P2/c7-1-2(8)5(11,13)4(10)6(12,14)3(1)9/h1-4,7-12H,13-14H2/t1?,2-,3+,4?,5-,6+. The first-order chi connectivity index (χ1) is 6.13. The third kappa shape index (κ3) is 1.60. The molecule has 0 heterocycles. The predicted molar refractivity (Wildman–Crippen MR) is 53.3 cm³/mol. The quantitative estimate of drug-likeness (QED) is 0.247. The monoisotopic (exact) mass is 244 g/mol. The van der Waals surface area contributed by atoms with Crippen LogP contribution >= 0.6 is 18.5 Å². The number of hydrogen-bond donors (Lipinski definition) is 6. The van der Waals surface area contributed by atoms with E-state index in [0.717, 1.165) is 0 Å². The molecular weight excluding hydrogens is 230 g/mol. The van der Waals surface area contributed by atoms with Crippen molar-refractivity contribution in [2.45, 2.75) is 35.1 Å². The fourth-order valence-electron chi connectivity index (χ4n) is 1.41. The highest BCUT2D eigenvalue weighted by atomic mass is 31.0. The Labute approximate surface area is 85.0 Å². The molecule has 0 aromatic carbocycles. The summed E-state index contributed by atoms with van der Waals surface area (Å²) in [4.78, 5) is 0. The summed E-state index contributed by atoms with van der Waals surface area (Å²) in [5, 5.41) is 52.1. The van der Waals surface area contributed by atoms with Crippen molar-refractivity contribution in [1.29, 1.82) is 0 Å². The second-order valence-electron chi connectivity index (χ2n) is 3.56. The molecule has 4 unspecified atom stereocenters. The van der Waals surface area contributed by atoms with Crippen LogP contribution in [0.2, 0.25) is 0 Å². The lowest BCUT2D eigenvalue weighted by atomic mass is 9.83. The van der Waals surface area contributed by atoms with E-state index in [2.05, 4.69) is 0 Å². The van der Waals surface area contributed by atoms with Crippen molar-refractivity contribution in [3.63, 3.8) is 0 Å². The maximum absolute atomic E-state index is 9.55. The van der Waals surface area contributed by atoms with Gasteiger partial charge in [-0.1, -0.05) is 18.5 Å². The maximum atomic E-state index is 9.55. The van der Waals surface area contributed by atoms with Crippen molar-refractivity contribution in [2.24, 2.45) is 0 Å². The first kappa shape index (κ1) is 12.7. The van der Waals surface area contributed by atoms with Crippen LogP contribution in [0, 0.1) is 0 Å². The summed E-state index contributed by atoms with van der Waals surface area (Å²) < 4.78 is 0. The van der Waals surface area contributed by atoms with Gasteiger partial charge >= 0.3 is 0 Å². The lowest BCUT2D eigenvalue weighted by molar-refractivity contribution is -0.248. The molecule has 84 valence electrons. The highest BCUT2D eigenvalue weighted by Crippen LogP contribution is 2.43. The van der Waals surface area contributed by atoms with Crippen LogP contribution in [0.25, 0.3) is 0 Å². The molecule has 0 aromatic heterocycles. The summed E-state index contributed by atoms with van der Waals surface area (Å²) in [5.41, 5.74) is 0. The predicted octanol–water partition coefficient (Wildman–Crippen LogP) is -3.43. The fraction of sp³-hybridized carbons (Fsp3) is 1.00. The second-order valence-corrected chi connectivity index (χ2v) is 5.41. The second kappa shape index (κ2) is 3.58. The topological polar surface area (TPSA) is 121 Å². The Bertz CT molecular complexity index is 210. The molecule has 1 rings (SSSR count). The van der Waals surface area contributed by atoms with Crippen molar-refractivity contribution in [2.75, 3.05) is 0 Å². The molecule has 8 heteroatoms. The third-order valence-corrected chi connectivity index (χ3v) is 3.79. The van der Waals surface area contributed by atoms with Crippen molar-refractivity contribution in [1.82, 2.24) is 0 Å². The average Bonchev–Trinajstić information content (AvgIpc) is 2.11. The molecule has 0 amide bonds. The fourth-order valence-corrected chi connectivity index (χ4v) is 2.53. The normalized spacial score (nSPS) is 60.0. The number of rotatable bonds is 0. The van der Waals surface area contributed by atoms with Crippen molar-refractivity contribution < 1.29 is 30.6 Å². The van der Waals surface area contributed by atoms with Gasteiger partial charge in [0, 0.05) is 0 Å². The Balaban J connectivity index is 3.09. The molecule has 1 aliphatic carbocycles. The van der Waals surface area contributed by atoms with E-state index in [1.54, 1.807) is 18.5 Å². The third-order valence-electron chi connectivity index (χ3n) is 2.47. The Morgan fingerprint density at radius 3 is 1.36 bits per heavy atom. The molecule has 0 radical (unpaired) electrons. The van der Waals surface area contributed by atoms with E-state index >= 15 is 0 Å². The first-order valence-electron chi connectivity index (χ1n) is 3.88. The Morgan fingerprint density at radius 2 is 1.07 bits per heavy atom. The minimum Gasteiger partial charge on any atom is -0.387 e. The molecular formula is C6H14O6P2. The van der Waals surface area contributed by atoms with E-state index in [1.165, 1.54) is 0 Å². The maximum Gasteiger partial charge on any atom is 0.135 e. The van der Waals surface area contributed by atoms with E-state index in [0.29, 0.717) is 0 Å². The molecule has 6 N–H and O–H groups in total. The summed E-state index contributed by atoms with van der Waals surface area (Å²) in [6.07, 6.45) is -7.10. The summed E-state index contributed by atoms with van der Waals surface area (Å²) >= 11 is 0. The molecule has 0 spiro atoms. The largest absolute Gasteiger partial charge is 0.387 e. The molecule has 8 atom stereocenters. The summed E-state index contributed by atoms with van der Waals surface area (Å²) in [6, 6.07) is 0. The Hall–Kier alpha value is 0.620. The van der Waals surface area contributed by atoms with Gasteiger partial charge in [0.15, 0.2) is 0 Å². The molecule has 0 aliphatic heterocycles. The zero-order valence-corrected chi connectivity index (χ0v) is 9.46. The van der Waals surface area contributed by atoms with Gasteiger partial charge in [0.25, 0.3) is 0 Å². The number of aliphatic hydroxyl groups excluding tert-OH is 4. The van der Waals surface area contributed by atoms with Crippen LogP contribution in [0.3, 0.4) is 0 Å². The van der Waals surface area contributed by atoms with Crippen LogP contribution in [0.15, 0.2) is 0 Å². The Kier molecular flexibility index (Phi) is 3.24.